The molecule has 0 bridgehead atoms. The second-order valence-electron chi connectivity index (χ2n) is 4.80. The lowest BCUT2D eigenvalue weighted by Gasteiger charge is -2.09. The molecule has 0 unspecified atom stereocenters. The highest BCUT2D eigenvalue weighted by molar-refractivity contribution is 5.30. The highest BCUT2D eigenvalue weighted by Crippen LogP contribution is 2.12. The van der Waals surface area contributed by atoms with Gasteiger partial charge in [-0.3, -0.25) is 14.9 Å². The molecule has 6 nitrogen and oxygen atoms in total. The molecule has 1 aromatic heterocycles. The van der Waals surface area contributed by atoms with Gasteiger partial charge in [0, 0.05) is 11.6 Å². The molecule has 0 spiro atoms. The molecule has 0 fully saturated rings. The SMILES string of the molecule is Cc1ccc(OCCn2cc([N+](=O)[O-])cc(C)c2=O)cc1. The van der Waals surface area contributed by atoms with Crippen LogP contribution < -0.4 is 10.3 Å². The molecule has 21 heavy (non-hydrogen) atoms. The number of hydrogen-bond donors (Lipinski definition) is 0. The second kappa shape index (κ2) is 6.21. The highest BCUT2D eigenvalue weighted by Gasteiger charge is 2.11. The van der Waals surface area contributed by atoms with E-state index >= 15 is 0 Å². The third-order valence-electron chi connectivity index (χ3n) is 3.08. The summed E-state index contributed by atoms with van der Waals surface area (Å²) in [6, 6.07) is 8.82. The lowest BCUT2D eigenvalue weighted by atomic mass is 10.2. The summed E-state index contributed by atoms with van der Waals surface area (Å²) >= 11 is 0. The maximum absolute atomic E-state index is 11.9. The molecule has 6 heteroatoms. The zero-order chi connectivity index (χ0) is 15.4. The molecule has 0 aliphatic heterocycles. The van der Waals surface area contributed by atoms with Crippen molar-refractivity contribution in [1.29, 1.82) is 0 Å². The zero-order valence-corrected chi connectivity index (χ0v) is 11.9. The average Bonchev–Trinajstić information content (AvgIpc) is 2.45. The molecule has 2 rings (SSSR count). The van der Waals surface area contributed by atoms with Crippen LogP contribution in [0.1, 0.15) is 11.1 Å². The van der Waals surface area contributed by atoms with E-state index in [1.165, 1.54) is 16.8 Å². The van der Waals surface area contributed by atoms with Crippen LogP contribution >= 0.6 is 0 Å². The summed E-state index contributed by atoms with van der Waals surface area (Å²) in [5.41, 5.74) is 1.14. The first-order valence-corrected chi connectivity index (χ1v) is 6.52. The number of hydrogen-bond acceptors (Lipinski definition) is 4. The van der Waals surface area contributed by atoms with Gasteiger partial charge in [-0.15, -0.1) is 0 Å². The molecule has 0 amide bonds. The van der Waals surface area contributed by atoms with Gasteiger partial charge in [-0.25, -0.2) is 0 Å². The Labute approximate surface area is 121 Å². The first-order chi connectivity index (χ1) is 9.97. The van der Waals surface area contributed by atoms with Gasteiger partial charge in [-0.2, -0.15) is 0 Å². The highest BCUT2D eigenvalue weighted by atomic mass is 16.6. The fourth-order valence-electron chi connectivity index (χ4n) is 1.93. The predicted molar refractivity (Wildman–Crippen MR) is 78.8 cm³/mol. The minimum Gasteiger partial charge on any atom is -0.492 e. The molecule has 1 aromatic carbocycles. The van der Waals surface area contributed by atoms with Gasteiger partial charge in [-0.05, 0) is 26.0 Å². The Hall–Kier alpha value is -2.63. The van der Waals surface area contributed by atoms with Gasteiger partial charge in [0.1, 0.15) is 12.4 Å². The van der Waals surface area contributed by atoms with Crippen LogP contribution in [0.2, 0.25) is 0 Å². The van der Waals surface area contributed by atoms with E-state index in [1.54, 1.807) is 6.92 Å². The molecule has 1 heterocycles. The van der Waals surface area contributed by atoms with Crippen molar-refractivity contribution in [3.8, 4) is 5.75 Å². The lowest BCUT2D eigenvalue weighted by Crippen LogP contribution is -2.24. The fraction of sp³-hybridized carbons (Fsp3) is 0.267. The molecule has 0 saturated heterocycles. The minimum atomic E-state index is -0.510. The Balaban J connectivity index is 2.07. The molecule has 0 radical (unpaired) electrons. The molecule has 0 aliphatic rings. The number of aryl methyl sites for hydroxylation is 2. The van der Waals surface area contributed by atoms with Crippen LogP contribution in [0.25, 0.3) is 0 Å². The van der Waals surface area contributed by atoms with Crippen molar-refractivity contribution >= 4 is 5.69 Å². The summed E-state index contributed by atoms with van der Waals surface area (Å²) in [5.74, 6) is 0.704. The Morgan fingerprint density at radius 3 is 2.52 bits per heavy atom. The molecular weight excluding hydrogens is 272 g/mol. The van der Waals surface area contributed by atoms with Crippen LogP contribution in [0.3, 0.4) is 0 Å². The van der Waals surface area contributed by atoms with E-state index in [0.29, 0.717) is 11.3 Å². The quantitative estimate of drug-likeness (QED) is 0.625. The summed E-state index contributed by atoms with van der Waals surface area (Å²) in [5, 5.41) is 10.8. The van der Waals surface area contributed by atoms with Gasteiger partial charge in [0.15, 0.2) is 0 Å². The van der Waals surface area contributed by atoms with E-state index < -0.39 is 4.92 Å². The van der Waals surface area contributed by atoms with E-state index in [1.807, 2.05) is 31.2 Å². The third-order valence-corrected chi connectivity index (χ3v) is 3.08. The lowest BCUT2D eigenvalue weighted by molar-refractivity contribution is -0.385. The van der Waals surface area contributed by atoms with E-state index in [-0.39, 0.29) is 24.4 Å². The summed E-state index contributed by atoms with van der Waals surface area (Å²) in [4.78, 5) is 22.2. The number of ether oxygens (including phenoxy) is 1. The van der Waals surface area contributed by atoms with Crippen LogP contribution in [-0.2, 0) is 6.54 Å². The van der Waals surface area contributed by atoms with Crippen LogP contribution in [0.5, 0.6) is 5.75 Å². The van der Waals surface area contributed by atoms with E-state index in [2.05, 4.69) is 0 Å². The molecule has 0 aliphatic carbocycles. The summed E-state index contributed by atoms with van der Waals surface area (Å²) < 4.78 is 6.84. The normalized spacial score (nSPS) is 10.4. The maximum Gasteiger partial charge on any atom is 0.286 e. The van der Waals surface area contributed by atoms with Gasteiger partial charge >= 0.3 is 0 Å². The fourth-order valence-corrected chi connectivity index (χ4v) is 1.93. The number of benzene rings is 1. The number of nitrogens with zero attached hydrogens (tertiary/aromatic N) is 2. The van der Waals surface area contributed by atoms with Gasteiger partial charge < -0.3 is 9.30 Å². The number of rotatable bonds is 5. The standard InChI is InChI=1S/C15H16N2O4/c1-11-3-5-14(6-4-11)21-8-7-16-10-13(17(19)20)9-12(2)15(16)18/h3-6,9-10H,7-8H2,1-2H3. The Morgan fingerprint density at radius 1 is 1.24 bits per heavy atom. The number of aromatic nitrogens is 1. The Bertz CT molecular complexity index is 705. The van der Waals surface area contributed by atoms with Crippen LogP contribution in [0, 0.1) is 24.0 Å². The van der Waals surface area contributed by atoms with Crippen LogP contribution in [-0.4, -0.2) is 16.1 Å². The summed E-state index contributed by atoms with van der Waals surface area (Å²) in [6.45, 7) is 4.07. The molecule has 0 atom stereocenters. The van der Waals surface area contributed by atoms with Crippen molar-refractivity contribution in [2.75, 3.05) is 6.61 Å². The van der Waals surface area contributed by atoms with Gasteiger partial charge in [0.05, 0.1) is 17.7 Å². The molecular formula is C15H16N2O4. The molecule has 2 aromatic rings. The van der Waals surface area contributed by atoms with Gasteiger partial charge in [0.2, 0.25) is 0 Å². The van der Waals surface area contributed by atoms with E-state index in [9.17, 15) is 14.9 Å². The van der Waals surface area contributed by atoms with Crippen molar-refractivity contribution in [3.63, 3.8) is 0 Å². The first kappa shape index (κ1) is 14.8. The van der Waals surface area contributed by atoms with Crippen LogP contribution in [0.4, 0.5) is 5.69 Å². The van der Waals surface area contributed by atoms with Crippen molar-refractivity contribution in [1.82, 2.24) is 4.57 Å². The smallest absolute Gasteiger partial charge is 0.286 e. The molecule has 0 N–H and O–H groups in total. The molecule has 110 valence electrons. The van der Waals surface area contributed by atoms with Crippen molar-refractivity contribution < 1.29 is 9.66 Å². The monoisotopic (exact) mass is 288 g/mol. The third kappa shape index (κ3) is 3.68. The van der Waals surface area contributed by atoms with Gasteiger partial charge in [0.25, 0.3) is 11.2 Å². The zero-order valence-electron chi connectivity index (χ0n) is 11.9. The Kier molecular flexibility index (Phi) is 4.37. The largest absolute Gasteiger partial charge is 0.492 e. The number of pyridine rings is 1. The second-order valence-corrected chi connectivity index (χ2v) is 4.80. The predicted octanol–water partition coefficient (Wildman–Crippen LogP) is 2.45. The maximum atomic E-state index is 11.9. The van der Waals surface area contributed by atoms with E-state index in [4.69, 9.17) is 4.74 Å². The summed E-state index contributed by atoms with van der Waals surface area (Å²) in [6.07, 6.45) is 1.24. The minimum absolute atomic E-state index is 0.0950. The van der Waals surface area contributed by atoms with E-state index in [0.717, 1.165) is 5.56 Å². The Morgan fingerprint density at radius 2 is 1.90 bits per heavy atom. The van der Waals surface area contributed by atoms with Crippen molar-refractivity contribution in [2.45, 2.75) is 20.4 Å². The topological polar surface area (TPSA) is 74.4 Å². The van der Waals surface area contributed by atoms with Crippen molar-refractivity contribution in [3.05, 3.63) is 68.1 Å². The summed E-state index contributed by atoms with van der Waals surface area (Å²) in [7, 11) is 0. The van der Waals surface area contributed by atoms with Crippen molar-refractivity contribution in [2.24, 2.45) is 0 Å². The average molecular weight is 288 g/mol. The van der Waals surface area contributed by atoms with Gasteiger partial charge in [-0.1, -0.05) is 17.7 Å². The molecule has 0 saturated carbocycles. The number of nitro groups is 1. The van der Waals surface area contributed by atoms with Crippen LogP contribution in [0.15, 0.2) is 41.3 Å². The first-order valence-electron chi connectivity index (χ1n) is 6.52.